The van der Waals surface area contributed by atoms with Gasteiger partial charge in [0.05, 0.1) is 19.3 Å². The van der Waals surface area contributed by atoms with Gasteiger partial charge in [-0.3, -0.25) is 9.59 Å². The second-order valence-electron chi connectivity index (χ2n) is 5.67. The van der Waals surface area contributed by atoms with Crippen molar-refractivity contribution in [3.8, 4) is 0 Å². The van der Waals surface area contributed by atoms with Crippen LogP contribution in [0.1, 0.15) is 32.6 Å². The van der Waals surface area contributed by atoms with Gasteiger partial charge in [-0.05, 0) is 32.6 Å². The van der Waals surface area contributed by atoms with Crippen LogP contribution < -0.4 is 5.32 Å². The van der Waals surface area contributed by atoms with Crippen LogP contribution in [0, 0.1) is 5.92 Å². The Morgan fingerprint density at radius 1 is 1.19 bits per heavy atom. The minimum Gasteiger partial charge on any atom is -0.378 e. The lowest BCUT2D eigenvalue weighted by Gasteiger charge is -2.30. The summed E-state index contributed by atoms with van der Waals surface area (Å²) in [5.41, 5.74) is 0. The van der Waals surface area contributed by atoms with Crippen LogP contribution in [-0.4, -0.2) is 62.3 Å². The molecule has 2 aliphatic rings. The molecule has 1 aliphatic carbocycles. The quantitative estimate of drug-likeness (QED) is 0.805. The third-order valence-electron chi connectivity index (χ3n) is 4.20. The average Bonchev–Trinajstić information content (AvgIpc) is 2.54. The number of amides is 2. The number of morpholine rings is 1. The Morgan fingerprint density at radius 3 is 2.48 bits per heavy atom. The lowest BCUT2D eigenvalue weighted by atomic mass is 9.87. The molecule has 1 N–H and O–H groups in total. The highest BCUT2D eigenvalue weighted by Gasteiger charge is 2.27. The van der Waals surface area contributed by atoms with Crippen LogP contribution in [0.25, 0.3) is 0 Å². The molecule has 0 unspecified atom stereocenters. The molecule has 0 aromatic heterocycles. The molecule has 6 nitrogen and oxygen atoms in total. The summed E-state index contributed by atoms with van der Waals surface area (Å²) in [6.45, 7) is 5.31. The fourth-order valence-electron chi connectivity index (χ4n) is 2.90. The van der Waals surface area contributed by atoms with Crippen molar-refractivity contribution in [3.05, 3.63) is 0 Å². The van der Waals surface area contributed by atoms with E-state index in [9.17, 15) is 9.59 Å². The van der Waals surface area contributed by atoms with Gasteiger partial charge in [0.25, 0.3) is 0 Å². The minimum atomic E-state index is 0.0455. The molecule has 1 saturated heterocycles. The number of nitrogens with zero attached hydrogens (tertiary/aromatic N) is 1. The molecule has 2 rings (SSSR count). The first-order valence-corrected chi connectivity index (χ1v) is 7.95. The zero-order valence-corrected chi connectivity index (χ0v) is 12.8. The Bertz CT molecular complexity index is 348. The molecule has 21 heavy (non-hydrogen) atoms. The van der Waals surface area contributed by atoms with Crippen molar-refractivity contribution >= 4 is 11.8 Å². The summed E-state index contributed by atoms with van der Waals surface area (Å²) >= 11 is 0. The molecular formula is C15H26N2O4. The van der Waals surface area contributed by atoms with E-state index in [1.165, 1.54) is 0 Å². The summed E-state index contributed by atoms with van der Waals surface area (Å²) < 4.78 is 10.9. The van der Waals surface area contributed by atoms with E-state index in [-0.39, 0.29) is 30.4 Å². The number of rotatable bonds is 5. The number of carbonyl (C=O) groups excluding carboxylic acids is 2. The van der Waals surface area contributed by atoms with E-state index in [1.54, 1.807) is 4.90 Å². The first-order valence-electron chi connectivity index (χ1n) is 7.95. The number of carbonyl (C=O) groups is 2. The number of hydrogen-bond acceptors (Lipinski definition) is 4. The molecule has 1 saturated carbocycles. The van der Waals surface area contributed by atoms with Gasteiger partial charge in [-0.15, -0.1) is 0 Å². The molecule has 0 spiro atoms. The van der Waals surface area contributed by atoms with Gasteiger partial charge >= 0.3 is 0 Å². The van der Waals surface area contributed by atoms with E-state index in [4.69, 9.17) is 9.47 Å². The fourth-order valence-corrected chi connectivity index (χ4v) is 2.90. The normalized spacial score (nSPS) is 26.4. The summed E-state index contributed by atoms with van der Waals surface area (Å²) in [5.74, 6) is 0.309. The maximum absolute atomic E-state index is 12.0. The predicted molar refractivity (Wildman–Crippen MR) is 77.8 cm³/mol. The van der Waals surface area contributed by atoms with Crippen LogP contribution in [0.5, 0.6) is 0 Å². The largest absolute Gasteiger partial charge is 0.378 e. The van der Waals surface area contributed by atoms with Crippen molar-refractivity contribution < 1.29 is 19.1 Å². The highest BCUT2D eigenvalue weighted by molar-refractivity contribution is 5.78. The smallest absolute Gasteiger partial charge is 0.248 e. The van der Waals surface area contributed by atoms with Gasteiger partial charge < -0.3 is 19.7 Å². The Hall–Kier alpha value is -1.14. The zero-order chi connectivity index (χ0) is 15.1. The van der Waals surface area contributed by atoms with Crippen molar-refractivity contribution in [2.24, 2.45) is 5.92 Å². The summed E-state index contributed by atoms with van der Waals surface area (Å²) in [5, 5.41) is 2.87. The summed E-state index contributed by atoms with van der Waals surface area (Å²) in [6.07, 6.45) is 3.53. The molecular weight excluding hydrogens is 272 g/mol. The Kier molecular flexibility index (Phi) is 6.45. The zero-order valence-electron chi connectivity index (χ0n) is 12.8. The monoisotopic (exact) mass is 298 g/mol. The molecule has 0 aromatic carbocycles. The van der Waals surface area contributed by atoms with Crippen LogP contribution in [0.15, 0.2) is 0 Å². The van der Waals surface area contributed by atoms with E-state index < -0.39 is 0 Å². The van der Waals surface area contributed by atoms with Crippen LogP contribution in [0.2, 0.25) is 0 Å². The van der Waals surface area contributed by atoms with Gasteiger partial charge in [-0.25, -0.2) is 0 Å². The molecule has 0 radical (unpaired) electrons. The Labute approximate surface area is 126 Å². The van der Waals surface area contributed by atoms with Crippen molar-refractivity contribution in [1.29, 1.82) is 0 Å². The first-order chi connectivity index (χ1) is 10.2. The summed E-state index contributed by atoms with van der Waals surface area (Å²) in [6, 6.07) is 0. The topological polar surface area (TPSA) is 67.9 Å². The maximum Gasteiger partial charge on any atom is 0.248 e. The van der Waals surface area contributed by atoms with E-state index in [1.807, 2.05) is 6.92 Å². The standard InChI is InChI=1S/C15H26N2O4/c1-2-16-15(19)12-3-5-13(6-4-12)21-11-14(18)17-7-9-20-10-8-17/h12-13H,2-11H2,1H3,(H,16,19). The molecule has 1 aliphatic heterocycles. The van der Waals surface area contributed by atoms with Gasteiger partial charge in [0.1, 0.15) is 6.61 Å². The number of ether oxygens (including phenoxy) is 2. The van der Waals surface area contributed by atoms with Gasteiger partial charge in [-0.2, -0.15) is 0 Å². The second kappa shape index (κ2) is 8.34. The number of nitrogens with one attached hydrogen (secondary N) is 1. The van der Waals surface area contributed by atoms with E-state index in [0.29, 0.717) is 32.8 Å². The molecule has 6 heteroatoms. The molecule has 0 atom stereocenters. The highest BCUT2D eigenvalue weighted by Crippen LogP contribution is 2.26. The molecule has 0 aromatic rings. The Balaban J connectivity index is 1.64. The van der Waals surface area contributed by atoms with E-state index >= 15 is 0 Å². The van der Waals surface area contributed by atoms with Crippen LogP contribution in [-0.2, 0) is 19.1 Å². The van der Waals surface area contributed by atoms with Crippen molar-refractivity contribution in [1.82, 2.24) is 10.2 Å². The van der Waals surface area contributed by atoms with Crippen molar-refractivity contribution in [3.63, 3.8) is 0 Å². The van der Waals surface area contributed by atoms with Crippen molar-refractivity contribution in [2.75, 3.05) is 39.5 Å². The lowest BCUT2D eigenvalue weighted by Crippen LogP contribution is -2.43. The molecule has 2 amide bonds. The van der Waals surface area contributed by atoms with Crippen LogP contribution in [0.3, 0.4) is 0 Å². The molecule has 120 valence electrons. The second-order valence-corrected chi connectivity index (χ2v) is 5.67. The summed E-state index contributed by atoms with van der Waals surface area (Å²) in [7, 11) is 0. The fraction of sp³-hybridized carbons (Fsp3) is 0.867. The molecule has 2 fully saturated rings. The van der Waals surface area contributed by atoms with Gasteiger partial charge in [0.2, 0.25) is 11.8 Å². The predicted octanol–water partition coefficient (Wildman–Crippen LogP) is 0.557. The SMILES string of the molecule is CCNC(=O)C1CCC(OCC(=O)N2CCOCC2)CC1. The molecule has 0 bridgehead atoms. The van der Waals surface area contributed by atoms with Gasteiger partial charge in [0, 0.05) is 25.6 Å². The highest BCUT2D eigenvalue weighted by atomic mass is 16.5. The van der Waals surface area contributed by atoms with E-state index in [2.05, 4.69) is 5.32 Å². The lowest BCUT2D eigenvalue weighted by molar-refractivity contribution is -0.143. The van der Waals surface area contributed by atoms with Crippen LogP contribution >= 0.6 is 0 Å². The van der Waals surface area contributed by atoms with Crippen LogP contribution in [0.4, 0.5) is 0 Å². The molecule has 1 heterocycles. The van der Waals surface area contributed by atoms with E-state index in [0.717, 1.165) is 25.7 Å². The minimum absolute atomic E-state index is 0.0455. The van der Waals surface area contributed by atoms with Gasteiger partial charge in [0.15, 0.2) is 0 Å². The Morgan fingerprint density at radius 2 is 1.86 bits per heavy atom. The number of hydrogen-bond donors (Lipinski definition) is 1. The third-order valence-corrected chi connectivity index (χ3v) is 4.20. The van der Waals surface area contributed by atoms with Crippen molar-refractivity contribution in [2.45, 2.75) is 38.7 Å². The third kappa shape index (κ3) is 4.97. The average molecular weight is 298 g/mol. The van der Waals surface area contributed by atoms with Gasteiger partial charge in [-0.1, -0.05) is 0 Å². The summed E-state index contributed by atoms with van der Waals surface area (Å²) in [4.78, 5) is 25.5. The first kappa shape index (κ1) is 16.2. The maximum atomic E-state index is 12.0.